The topological polar surface area (TPSA) is 65.7 Å². The van der Waals surface area contributed by atoms with E-state index in [9.17, 15) is 18.0 Å². The van der Waals surface area contributed by atoms with Gasteiger partial charge in [0.2, 0.25) is 5.88 Å². The molecule has 3 rings (SSSR count). The molecule has 1 atom stereocenters. The highest BCUT2D eigenvalue weighted by Crippen LogP contribution is 2.59. The second-order valence-corrected chi connectivity index (χ2v) is 8.68. The Kier molecular flexibility index (Phi) is 5.73. The van der Waals surface area contributed by atoms with Crippen molar-refractivity contribution in [1.82, 2.24) is 9.78 Å². The fourth-order valence-electron chi connectivity index (χ4n) is 2.95. The number of halogens is 4. The summed E-state index contributed by atoms with van der Waals surface area (Å²) in [4.78, 5) is 16.4. The van der Waals surface area contributed by atoms with Crippen molar-refractivity contribution < 1.29 is 27.4 Å². The first-order chi connectivity index (χ1) is 13.4. The van der Waals surface area contributed by atoms with Crippen molar-refractivity contribution in [3.63, 3.8) is 0 Å². The Morgan fingerprint density at radius 2 is 2.03 bits per heavy atom. The molecule has 0 N–H and O–H groups in total. The SMILES string of the molecule is CC(C)(C)OC(=O)C1CC=C(n2ccc(OCCC3(C(F)(F)F)CC3)n2)N=C1Cl. The van der Waals surface area contributed by atoms with Crippen molar-refractivity contribution in [2.75, 3.05) is 6.61 Å². The average Bonchev–Trinajstić information content (AvgIpc) is 3.23. The van der Waals surface area contributed by atoms with Crippen molar-refractivity contribution in [3.05, 3.63) is 18.3 Å². The van der Waals surface area contributed by atoms with Crippen LogP contribution in [0.2, 0.25) is 0 Å². The second kappa shape index (κ2) is 7.66. The summed E-state index contributed by atoms with van der Waals surface area (Å²) in [5, 5.41) is 4.26. The Hall–Kier alpha value is -2.03. The largest absolute Gasteiger partial charge is 0.477 e. The number of nitrogens with zero attached hydrogens (tertiary/aromatic N) is 3. The standard InChI is InChI=1S/C19H23ClF3N3O3/c1-17(2,3)29-16(27)12-4-5-13(24-15(12)20)26-10-6-14(25-26)28-11-9-18(7-8-18)19(21,22)23/h5-6,10,12H,4,7-9,11H2,1-3H3. The Bertz CT molecular complexity index is 836. The number of aromatic nitrogens is 2. The third-order valence-electron chi connectivity index (χ3n) is 4.82. The fourth-order valence-corrected chi connectivity index (χ4v) is 3.22. The number of ether oxygens (including phenoxy) is 2. The lowest BCUT2D eigenvalue weighted by atomic mass is 10.0. The number of allylic oxidation sites excluding steroid dienone is 1. The summed E-state index contributed by atoms with van der Waals surface area (Å²) in [6.45, 7) is 5.24. The molecule has 0 spiro atoms. The van der Waals surface area contributed by atoms with Crippen LogP contribution in [0.25, 0.3) is 5.82 Å². The summed E-state index contributed by atoms with van der Waals surface area (Å²) in [6, 6.07) is 1.54. The number of rotatable bonds is 6. The molecule has 1 aromatic heterocycles. The highest BCUT2D eigenvalue weighted by atomic mass is 35.5. The molecule has 0 radical (unpaired) electrons. The summed E-state index contributed by atoms with van der Waals surface area (Å²) in [7, 11) is 0. The van der Waals surface area contributed by atoms with Crippen LogP contribution in [0.3, 0.4) is 0 Å². The van der Waals surface area contributed by atoms with Gasteiger partial charge in [-0.25, -0.2) is 9.67 Å². The van der Waals surface area contributed by atoms with Crippen LogP contribution in [-0.4, -0.2) is 39.3 Å². The number of carbonyl (C=O) groups excluding carboxylic acids is 1. The van der Waals surface area contributed by atoms with Gasteiger partial charge in [0.05, 0.1) is 12.0 Å². The van der Waals surface area contributed by atoms with Crippen LogP contribution in [0, 0.1) is 11.3 Å². The van der Waals surface area contributed by atoms with Crippen molar-refractivity contribution in [3.8, 4) is 5.88 Å². The number of hydrogen-bond acceptors (Lipinski definition) is 5. The Morgan fingerprint density at radius 3 is 2.59 bits per heavy atom. The van der Waals surface area contributed by atoms with Gasteiger partial charge in [0.15, 0.2) is 5.82 Å². The number of hydrogen-bond donors (Lipinski definition) is 0. The molecule has 0 saturated heterocycles. The molecule has 1 aliphatic heterocycles. The van der Waals surface area contributed by atoms with Gasteiger partial charge in [-0.3, -0.25) is 4.79 Å². The molecule has 0 bridgehead atoms. The lowest BCUT2D eigenvalue weighted by Gasteiger charge is -2.24. The van der Waals surface area contributed by atoms with E-state index in [2.05, 4.69) is 10.1 Å². The number of aliphatic imine (C=N–C) groups is 1. The highest BCUT2D eigenvalue weighted by Gasteiger charge is 2.62. The number of esters is 1. The molecule has 0 aromatic carbocycles. The Morgan fingerprint density at radius 1 is 1.34 bits per heavy atom. The van der Waals surface area contributed by atoms with E-state index in [1.807, 2.05) is 0 Å². The van der Waals surface area contributed by atoms with Crippen molar-refractivity contribution in [2.24, 2.45) is 16.3 Å². The fraction of sp³-hybridized carbons (Fsp3) is 0.632. The third-order valence-corrected chi connectivity index (χ3v) is 5.17. The van der Waals surface area contributed by atoms with E-state index in [4.69, 9.17) is 21.1 Å². The zero-order valence-corrected chi connectivity index (χ0v) is 17.2. The summed E-state index contributed by atoms with van der Waals surface area (Å²) < 4.78 is 50.9. The summed E-state index contributed by atoms with van der Waals surface area (Å²) >= 11 is 6.17. The van der Waals surface area contributed by atoms with E-state index in [0.717, 1.165) is 0 Å². The van der Waals surface area contributed by atoms with Gasteiger partial charge in [0.25, 0.3) is 0 Å². The van der Waals surface area contributed by atoms with E-state index in [0.29, 0.717) is 12.2 Å². The molecule has 1 saturated carbocycles. The molecule has 6 nitrogen and oxygen atoms in total. The van der Waals surface area contributed by atoms with Crippen molar-refractivity contribution in [1.29, 1.82) is 0 Å². The summed E-state index contributed by atoms with van der Waals surface area (Å²) in [6.07, 6.45) is -0.428. The van der Waals surface area contributed by atoms with E-state index in [1.165, 1.54) is 10.7 Å². The van der Waals surface area contributed by atoms with Crippen LogP contribution in [-0.2, 0) is 9.53 Å². The zero-order valence-electron chi connectivity index (χ0n) is 16.4. The second-order valence-electron chi connectivity index (χ2n) is 8.29. The van der Waals surface area contributed by atoms with E-state index < -0.39 is 29.1 Å². The molecule has 1 fully saturated rings. The molecule has 160 valence electrons. The van der Waals surface area contributed by atoms with Gasteiger partial charge in [0, 0.05) is 12.3 Å². The molecule has 1 aromatic rings. The van der Waals surface area contributed by atoms with Gasteiger partial charge in [-0.1, -0.05) is 11.6 Å². The van der Waals surface area contributed by atoms with Crippen LogP contribution in [0.1, 0.15) is 46.5 Å². The lowest BCUT2D eigenvalue weighted by Crippen LogP contribution is -2.32. The average molecular weight is 434 g/mol. The van der Waals surface area contributed by atoms with Crippen LogP contribution in [0.4, 0.5) is 13.2 Å². The summed E-state index contributed by atoms with van der Waals surface area (Å²) in [5.41, 5.74) is -2.23. The van der Waals surface area contributed by atoms with Crippen molar-refractivity contribution >= 4 is 28.6 Å². The first-order valence-electron chi connectivity index (χ1n) is 9.33. The van der Waals surface area contributed by atoms with E-state index in [1.54, 1.807) is 33.0 Å². The van der Waals surface area contributed by atoms with Crippen molar-refractivity contribution in [2.45, 2.75) is 58.2 Å². The van der Waals surface area contributed by atoms with E-state index >= 15 is 0 Å². The smallest absolute Gasteiger partial charge is 0.394 e. The zero-order chi connectivity index (χ0) is 21.4. The maximum Gasteiger partial charge on any atom is 0.394 e. The first kappa shape index (κ1) is 21.7. The van der Waals surface area contributed by atoms with Gasteiger partial charge >= 0.3 is 12.1 Å². The highest BCUT2D eigenvalue weighted by molar-refractivity contribution is 6.67. The van der Waals surface area contributed by atoms with Gasteiger partial charge < -0.3 is 9.47 Å². The molecule has 10 heteroatoms. The molecule has 2 heterocycles. The normalized spacial score (nSPS) is 21.3. The van der Waals surface area contributed by atoms with Crippen LogP contribution < -0.4 is 4.74 Å². The third kappa shape index (κ3) is 5.12. The van der Waals surface area contributed by atoms with Crippen LogP contribution >= 0.6 is 11.6 Å². The van der Waals surface area contributed by atoms with Gasteiger partial charge in [0.1, 0.15) is 16.7 Å². The molecule has 1 unspecified atom stereocenters. The number of alkyl halides is 3. The molecule has 0 amide bonds. The van der Waals surface area contributed by atoms with Crippen LogP contribution in [0.5, 0.6) is 5.88 Å². The van der Waals surface area contributed by atoms with E-state index in [-0.39, 0.29) is 36.9 Å². The minimum atomic E-state index is -4.20. The minimum Gasteiger partial charge on any atom is -0.477 e. The minimum absolute atomic E-state index is 0.0691. The molecular formula is C19H23ClF3N3O3. The first-order valence-corrected chi connectivity index (χ1v) is 9.71. The maximum atomic E-state index is 12.9. The molecule has 29 heavy (non-hydrogen) atoms. The number of carbonyl (C=O) groups is 1. The molecule has 1 aliphatic carbocycles. The van der Waals surface area contributed by atoms with Gasteiger partial charge in [-0.05, 0) is 52.5 Å². The monoisotopic (exact) mass is 433 g/mol. The molecular weight excluding hydrogens is 411 g/mol. The predicted octanol–water partition coefficient (Wildman–Crippen LogP) is 4.79. The Balaban J connectivity index is 1.56. The maximum absolute atomic E-state index is 12.9. The van der Waals surface area contributed by atoms with Gasteiger partial charge in [-0.15, -0.1) is 5.10 Å². The predicted molar refractivity (Wildman–Crippen MR) is 102 cm³/mol. The summed E-state index contributed by atoms with van der Waals surface area (Å²) in [5.74, 6) is -0.532. The lowest BCUT2D eigenvalue weighted by molar-refractivity contribution is -0.190. The quantitative estimate of drug-likeness (QED) is 0.605. The van der Waals surface area contributed by atoms with Gasteiger partial charge in [-0.2, -0.15) is 13.2 Å². The molecule has 2 aliphatic rings. The van der Waals surface area contributed by atoms with Crippen LogP contribution in [0.15, 0.2) is 23.3 Å². The Labute approximate surface area is 171 Å².